The summed E-state index contributed by atoms with van der Waals surface area (Å²) >= 11 is 0. The number of esters is 1. The Morgan fingerprint density at radius 3 is 2.55 bits per heavy atom. The molecule has 0 unspecified atom stereocenters. The van der Waals surface area contributed by atoms with Crippen LogP contribution in [0.5, 0.6) is 11.5 Å². The van der Waals surface area contributed by atoms with E-state index in [1.54, 1.807) is 18.2 Å². The molecular formula is C20H20N2O7. The van der Waals surface area contributed by atoms with E-state index in [0.29, 0.717) is 17.1 Å². The Balaban J connectivity index is 1.98. The Hall–Kier alpha value is -3.88. The molecule has 2 aromatic rings. The molecule has 0 saturated carbocycles. The SMILES string of the molecule is COc1ccc(/C=C/C(=O)O[C@@H](C)C(=O)Nc2cccc([N+](=O)[O-])c2)c(OC)c1. The predicted molar refractivity (Wildman–Crippen MR) is 106 cm³/mol. The Bertz CT molecular complexity index is 940. The molecule has 9 nitrogen and oxygen atoms in total. The lowest BCUT2D eigenvalue weighted by Gasteiger charge is -2.12. The van der Waals surface area contributed by atoms with Crippen LogP contribution in [0.1, 0.15) is 12.5 Å². The smallest absolute Gasteiger partial charge is 0.331 e. The Kier molecular flexibility index (Phi) is 7.30. The van der Waals surface area contributed by atoms with E-state index in [2.05, 4.69) is 5.32 Å². The second kappa shape index (κ2) is 9.88. The minimum Gasteiger partial charge on any atom is -0.497 e. The summed E-state index contributed by atoms with van der Waals surface area (Å²) in [5.74, 6) is -0.239. The molecular weight excluding hydrogens is 380 g/mol. The number of anilines is 1. The lowest BCUT2D eigenvalue weighted by molar-refractivity contribution is -0.384. The maximum Gasteiger partial charge on any atom is 0.331 e. The summed E-state index contributed by atoms with van der Waals surface area (Å²) in [6.07, 6.45) is 1.55. The first kappa shape index (κ1) is 21.4. The zero-order valence-corrected chi connectivity index (χ0v) is 16.1. The third kappa shape index (κ3) is 6.06. The molecule has 152 valence electrons. The quantitative estimate of drug-likeness (QED) is 0.313. The van der Waals surface area contributed by atoms with Gasteiger partial charge in [0.25, 0.3) is 11.6 Å². The molecule has 0 aliphatic heterocycles. The highest BCUT2D eigenvalue weighted by Crippen LogP contribution is 2.25. The first-order chi connectivity index (χ1) is 13.8. The summed E-state index contributed by atoms with van der Waals surface area (Å²) in [6, 6.07) is 10.5. The molecule has 0 spiro atoms. The molecule has 0 aliphatic rings. The first-order valence-corrected chi connectivity index (χ1v) is 8.50. The molecule has 1 amide bonds. The van der Waals surface area contributed by atoms with E-state index >= 15 is 0 Å². The summed E-state index contributed by atoms with van der Waals surface area (Å²) in [6.45, 7) is 1.40. The van der Waals surface area contributed by atoms with Crippen LogP contribution >= 0.6 is 0 Å². The van der Waals surface area contributed by atoms with Crippen LogP contribution in [-0.2, 0) is 14.3 Å². The van der Waals surface area contributed by atoms with Gasteiger partial charge in [0.15, 0.2) is 6.10 Å². The second-order valence-electron chi connectivity index (χ2n) is 5.82. The average Bonchev–Trinajstić information content (AvgIpc) is 2.72. The zero-order chi connectivity index (χ0) is 21.4. The normalized spacial score (nSPS) is 11.6. The van der Waals surface area contributed by atoms with Gasteiger partial charge in [-0.2, -0.15) is 0 Å². The fourth-order valence-electron chi connectivity index (χ4n) is 2.32. The molecule has 2 rings (SSSR count). The van der Waals surface area contributed by atoms with Gasteiger partial charge in [-0.05, 0) is 31.2 Å². The third-order valence-corrected chi connectivity index (χ3v) is 3.83. The van der Waals surface area contributed by atoms with Gasteiger partial charge < -0.3 is 19.5 Å². The number of non-ortho nitro benzene ring substituents is 1. The number of amides is 1. The van der Waals surface area contributed by atoms with Crippen molar-refractivity contribution in [2.24, 2.45) is 0 Å². The lowest BCUT2D eigenvalue weighted by atomic mass is 10.1. The Morgan fingerprint density at radius 2 is 1.90 bits per heavy atom. The average molecular weight is 400 g/mol. The van der Waals surface area contributed by atoms with Crippen LogP contribution < -0.4 is 14.8 Å². The van der Waals surface area contributed by atoms with Gasteiger partial charge in [0.2, 0.25) is 0 Å². The third-order valence-electron chi connectivity index (χ3n) is 3.83. The van der Waals surface area contributed by atoms with Gasteiger partial charge in [-0.25, -0.2) is 4.79 Å². The summed E-state index contributed by atoms with van der Waals surface area (Å²) in [5.41, 5.74) is 0.688. The number of carbonyl (C=O) groups excluding carboxylic acids is 2. The summed E-state index contributed by atoms with van der Waals surface area (Å²) in [5, 5.41) is 13.3. The van der Waals surface area contributed by atoms with Crippen LogP contribution in [0.15, 0.2) is 48.5 Å². The molecule has 1 N–H and O–H groups in total. The van der Waals surface area contributed by atoms with Crippen molar-refractivity contribution in [2.45, 2.75) is 13.0 Å². The number of benzene rings is 2. The number of methoxy groups -OCH3 is 2. The van der Waals surface area contributed by atoms with Gasteiger partial charge in [-0.1, -0.05) is 6.07 Å². The standard InChI is InChI=1S/C20H20N2O7/c1-13(20(24)21-15-5-4-6-16(11-15)22(25)26)29-19(23)10-8-14-7-9-17(27-2)12-18(14)28-3/h4-13H,1-3H3,(H,21,24)/b10-8+/t13-/m0/s1. The van der Waals surface area contributed by atoms with Crippen LogP contribution in [-0.4, -0.2) is 37.1 Å². The van der Waals surface area contributed by atoms with E-state index < -0.39 is 22.9 Å². The van der Waals surface area contributed by atoms with Crippen LogP contribution in [0.2, 0.25) is 0 Å². The molecule has 0 saturated heterocycles. The number of hydrogen-bond donors (Lipinski definition) is 1. The van der Waals surface area contributed by atoms with E-state index in [-0.39, 0.29) is 11.4 Å². The van der Waals surface area contributed by atoms with Crippen LogP contribution in [0, 0.1) is 10.1 Å². The molecule has 0 bridgehead atoms. The summed E-state index contributed by atoms with van der Waals surface area (Å²) < 4.78 is 15.4. The number of nitrogens with one attached hydrogen (secondary N) is 1. The molecule has 0 fully saturated rings. The van der Waals surface area contributed by atoms with Gasteiger partial charge in [0, 0.05) is 35.5 Å². The maximum absolute atomic E-state index is 12.2. The van der Waals surface area contributed by atoms with Crippen molar-refractivity contribution < 1.29 is 28.7 Å². The molecule has 2 aromatic carbocycles. The largest absolute Gasteiger partial charge is 0.497 e. The van der Waals surface area contributed by atoms with Gasteiger partial charge in [0.1, 0.15) is 11.5 Å². The van der Waals surface area contributed by atoms with Crippen molar-refractivity contribution in [2.75, 3.05) is 19.5 Å². The fraction of sp³-hybridized carbons (Fsp3) is 0.200. The number of carbonyl (C=O) groups is 2. The number of nitro groups is 1. The number of nitro benzene ring substituents is 1. The topological polar surface area (TPSA) is 117 Å². The Morgan fingerprint density at radius 1 is 1.14 bits per heavy atom. The molecule has 0 aliphatic carbocycles. The highest BCUT2D eigenvalue weighted by molar-refractivity contribution is 5.96. The van der Waals surface area contributed by atoms with Crippen molar-refractivity contribution in [1.29, 1.82) is 0 Å². The monoisotopic (exact) mass is 400 g/mol. The number of nitrogens with zero attached hydrogens (tertiary/aromatic N) is 1. The molecule has 29 heavy (non-hydrogen) atoms. The van der Waals surface area contributed by atoms with E-state index in [1.807, 2.05) is 0 Å². The van der Waals surface area contributed by atoms with Gasteiger partial charge in [-0.15, -0.1) is 0 Å². The predicted octanol–water partition coefficient (Wildman–Crippen LogP) is 3.20. The van der Waals surface area contributed by atoms with Crippen LogP contribution in [0.25, 0.3) is 6.08 Å². The van der Waals surface area contributed by atoms with Crippen molar-refractivity contribution >= 4 is 29.3 Å². The van der Waals surface area contributed by atoms with Gasteiger partial charge in [-0.3, -0.25) is 14.9 Å². The molecule has 0 heterocycles. The van der Waals surface area contributed by atoms with E-state index in [0.717, 1.165) is 0 Å². The highest BCUT2D eigenvalue weighted by atomic mass is 16.6. The second-order valence-corrected chi connectivity index (χ2v) is 5.82. The van der Waals surface area contributed by atoms with E-state index in [1.165, 1.54) is 57.6 Å². The summed E-state index contributed by atoms with van der Waals surface area (Å²) in [7, 11) is 3.02. The number of hydrogen-bond acceptors (Lipinski definition) is 7. The van der Waals surface area contributed by atoms with Crippen molar-refractivity contribution in [3.8, 4) is 11.5 Å². The summed E-state index contributed by atoms with van der Waals surface area (Å²) in [4.78, 5) is 34.4. The molecule has 0 aromatic heterocycles. The Labute approximate surface area is 167 Å². The maximum atomic E-state index is 12.2. The molecule has 9 heteroatoms. The van der Waals surface area contributed by atoms with Gasteiger partial charge in [0.05, 0.1) is 19.1 Å². The van der Waals surface area contributed by atoms with E-state index in [4.69, 9.17) is 14.2 Å². The van der Waals surface area contributed by atoms with Crippen molar-refractivity contribution in [3.63, 3.8) is 0 Å². The van der Waals surface area contributed by atoms with Gasteiger partial charge >= 0.3 is 5.97 Å². The van der Waals surface area contributed by atoms with Crippen LogP contribution in [0.4, 0.5) is 11.4 Å². The minimum absolute atomic E-state index is 0.163. The lowest BCUT2D eigenvalue weighted by Crippen LogP contribution is -2.29. The first-order valence-electron chi connectivity index (χ1n) is 8.50. The van der Waals surface area contributed by atoms with E-state index in [9.17, 15) is 19.7 Å². The molecule has 0 radical (unpaired) electrons. The minimum atomic E-state index is -1.11. The molecule has 1 atom stereocenters. The van der Waals surface area contributed by atoms with Crippen molar-refractivity contribution in [3.05, 3.63) is 64.2 Å². The fourth-order valence-corrected chi connectivity index (χ4v) is 2.32. The highest BCUT2D eigenvalue weighted by Gasteiger charge is 2.18. The number of rotatable bonds is 8. The van der Waals surface area contributed by atoms with Crippen molar-refractivity contribution in [1.82, 2.24) is 0 Å². The van der Waals surface area contributed by atoms with Crippen LogP contribution in [0.3, 0.4) is 0 Å². The zero-order valence-electron chi connectivity index (χ0n) is 16.1. The number of ether oxygens (including phenoxy) is 3.